The molecule has 1 aliphatic heterocycles. The Hall–Kier alpha value is -2.08. The molecule has 0 aliphatic carbocycles. The fraction of sp³-hybridized carbons (Fsp3) is 0.429. The van der Waals surface area contributed by atoms with Crippen LogP contribution in [0.25, 0.3) is 0 Å². The van der Waals surface area contributed by atoms with E-state index in [-0.39, 0.29) is 29.2 Å². The number of benzene rings is 1. The highest BCUT2D eigenvalue weighted by molar-refractivity contribution is 5.98. The molecule has 0 spiro atoms. The molecule has 2 atom stereocenters. The Balaban J connectivity index is 2.16. The minimum Gasteiger partial charge on any atom is -0.505 e. The van der Waals surface area contributed by atoms with Crippen LogP contribution in [-0.2, 0) is 9.53 Å². The average Bonchev–Trinajstić information content (AvgIpc) is 2.89. The zero-order valence-electron chi connectivity index (χ0n) is 11.1. The van der Waals surface area contributed by atoms with E-state index in [1.165, 1.54) is 18.2 Å². The van der Waals surface area contributed by atoms with Crippen LogP contribution in [0.3, 0.4) is 0 Å². The van der Waals surface area contributed by atoms with Gasteiger partial charge < -0.3 is 20.3 Å². The van der Waals surface area contributed by atoms with Crippen molar-refractivity contribution < 1.29 is 24.5 Å². The average molecular weight is 279 g/mol. The highest BCUT2D eigenvalue weighted by atomic mass is 16.5. The molecular formula is C14H17NO5. The van der Waals surface area contributed by atoms with Gasteiger partial charge in [-0.1, -0.05) is 13.0 Å². The van der Waals surface area contributed by atoms with Crippen molar-refractivity contribution >= 4 is 17.6 Å². The van der Waals surface area contributed by atoms with Crippen LogP contribution in [0.4, 0.5) is 5.69 Å². The smallest absolute Gasteiger partial charge is 0.339 e. The minimum atomic E-state index is -1.24. The van der Waals surface area contributed by atoms with Crippen molar-refractivity contribution in [2.75, 3.05) is 11.9 Å². The molecule has 6 nitrogen and oxygen atoms in total. The van der Waals surface area contributed by atoms with Crippen LogP contribution >= 0.6 is 0 Å². The van der Waals surface area contributed by atoms with Gasteiger partial charge in [-0.15, -0.1) is 0 Å². The Morgan fingerprint density at radius 1 is 1.45 bits per heavy atom. The molecule has 2 unspecified atom stereocenters. The van der Waals surface area contributed by atoms with Gasteiger partial charge in [0.05, 0.1) is 17.7 Å². The molecule has 3 N–H and O–H groups in total. The van der Waals surface area contributed by atoms with Crippen molar-refractivity contribution in [3.05, 3.63) is 23.8 Å². The summed E-state index contributed by atoms with van der Waals surface area (Å²) in [6.07, 6.45) is 1.24. The molecule has 20 heavy (non-hydrogen) atoms. The normalized spacial score (nSPS) is 21.6. The minimum absolute atomic E-state index is 0.108. The third-order valence-electron chi connectivity index (χ3n) is 3.47. The van der Waals surface area contributed by atoms with E-state index < -0.39 is 11.7 Å². The number of hydrogen-bond acceptors (Lipinski definition) is 4. The number of aromatic hydroxyl groups is 1. The summed E-state index contributed by atoms with van der Waals surface area (Å²) in [6.45, 7) is 2.48. The zero-order valence-corrected chi connectivity index (χ0v) is 11.1. The molecule has 1 aliphatic rings. The molecule has 1 amide bonds. The Morgan fingerprint density at radius 3 is 2.85 bits per heavy atom. The number of amides is 1. The fourth-order valence-electron chi connectivity index (χ4n) is 2.39. The second kappa shape index (κ2) is 5.92. The largest absolute Gasteiger partial charge is 0.505 e. The predicted molar refractivity (Wildman–Crippen MR) is 71.8 cm³/mol. The first-order valence-corrected chi connectivity index (χ1v) is 6.52. The summed E-state index contributed by atoms with van der Waals surface area (Å²) in [5, 5.41) is 21.3. The molecule has 1 saturated heterocycles. The van der Waals surface area contributed by atoms with Gasteiger partial charge in [0.1, 0.15) is 5.56 Å². The van der Waals surface area contributed by atoms with E-state index in [4.69, 9.17) is 9.84 Å². The van der Waals surface area contributed by atoms with E-state index in [0.717, 1.165) is 6.42 Å². The summed E-state index contributed by atoms with van der Waals surface area (Å²) in [4.78, 5) is 23.1. The van der Waals surface area contributed by atoms with Gasteiger partial charge in [0.2, 0.25) is 5.91 Å². The summed E-state index contributed by atoms with van der Waals surface area (Å²) in [7, 11) is 0. The van der Waals surface area contributed by atoms with Gasteiger partial charge in [-0.3, -0.25) is 4.79 Å². The highest BCUT2D eigenvalue weighted by Gasteiger charge is 2.33. The quantitative estimate of drug-likeness (QED) is 0.731. The first kappa shape index (κ1) is 14.3. The maximum atomic E-state index is 12.2. The van der Waals surface area contributed by atoms with Crippen LogP contribution in [0.15, 0.2) is 18.2 Å². The lowest BCUT2D eigenvalue weighted by Gasteiger charge is -2.17. The number of para-hydroxylation sites is 1. The first-order valence-electron chi connectivity index (χ1n) is 6.52. The third-order valence-corrected chi connectivity index (χ3v) is 3.47. The molecule has 1 aromatic carbocycles. The SMILES string of the molecule is CCC1OCCC1C(=O)Nc1cccc(C(=O)O)c1O. The van der Waals surface area contributed by atoms with Crippen molar-refractivity contribution in [1.82, 2.24) is 0 Å². The van der Waals surface area contributed by atoms with Crippen LogP contribution in [0, 0.1) is 5.92 Å². The number of rotatable bonds is 4. The standard InChI is InChI=1S/C14H17NO5/c1-2-11-8(6-7-20-11)13(17)15-10-5-3-4-9(12(10)16)14(18)19/h3-5,8,11,16H,2,6-7H2,1H3,(H,15,17)(H,18,19). The molecule has 1 heterocycles. The van der Waals surface area contributed by atoms with Gasteiger partial charge in [-0.05, 0) is 25.0 Å². The maximum absolute atomic E-state index is 12.2. The molecular weight excluding hydrogens is 262 g/mol. The Morgan fingerprint density at radius 2 is 2.20 bits per heavy atom. The summed E-state index contributed by atoms with van der Waals surface area (Å²) in [5.74, 6) is -2.20. The van der Waals surface area contributed by atoms with Gasteiger partial charge in [0.15, 0.2) is 5.75 Å². The number of ether oxygens (including phenoxy) is 1. The molecule has 0 radical (unpaired) electrons. The van der Waals surface area contributed by atoms with Crippen LogP contribution in [0.1, 0.15) is 30.1 Å². The first-order chi connectivity index (χ1) is 9.54. The number of carboxylic acid groups (broad SMARTS) is 1. The van der Waals surface area contributed by atoms with E-state index in [0.29, 0.717) is 13.0 Å². The Bertz CT molecular complexity index is 528. The van der Waals surface area contributed by atoms with Gasteiger partial charge >= 0.3 is 5.97 Å². The van der Waals surface area contributed by atoms with Crippen LogP contribution in [0.2, 0.25) is 0 Å². The number of anilines is 1. The van der Waals surface area contributed by atoms with Crippen LogP contribution in [-0.4, -0.2) is 34.8 Å². The summed E-state index contributed by atoms with van der Waals surface area (Å²) in [5.41, 5.74) is -0.130. The molecule has 0 saturated carbocycles. The molecule has 108 valence electrons. The molecule has 0 bridgehead atoms. The molecule has 0 aromatic heterocycles. The molecule has 6 heteroatoms. The third kappa shape index (κ3) is 2.75. The van der Waals surface area contributed by atoms with Crippen molar-refractivity contribution in [3.63, 3.8) is 0 Å². The lowest BCUT2D eigenvalue weighted by atomic mass is 9.98. The van der Waals surface area contributed by atoms with Crippen molar-refractivity contribution in [1.29, 1.82) is 0 Å². The monoisotopic (exact) mass is 279 g/mol. The van der Waals surface area contributed by atoms with Gasteiger partial charge in [0, 0.05) is 6.61 Å². The van der Waals surface area contributed by atoms with E-state index in [9.17, 15) is 14.7 Å². The number of phenols is 1. The lowest BCUT2D eigenvalue weighted by molar-refractivity contribution is -0.121. The number of nitrogens with one attached hydrogen (secondary N) is 1. The summed E-state index contributed by atoms with van der Waals surface area (Å²) < 4.78 is 5.45. The highest BCUT2D eigenvalue weighted by Crippen LogP contribution is 2.30. The van der Waals surface area contributed by atoms with Crippen LogP contribution < -0.4 is 5.32 Å². The van der Waals surface area contributed by atoms with Crippen molar-refractivity contribution in [3.8, 4) is 5.75 Å². The zero-order chi connectivity index (χ0) is 14.7. The molecule has 2 rings (SSSR count). The summed E-state index contributed by atoms with van der Waals surface area (Å²) in [6, 6.07) is 4.22. The van der Waals surface area contributed by atoms with E-state index in [2.05, 4.69) is 5.32 Å². The predicted octanol–water partition coefficient (Wildman–Crippen LogP) is 1.84. The van der Waals surface area contributed by atoms with Crippen molar-refractivity contribution in [2.24, 2.45) is 5.92 Å². The molecule has 1 aromatic rings. The topological polar surface area (TPSA) is 95.9 Å². The maximum Gasteiger partial charge on any atom is 0.339 e. The van der Waals surface area contributed by atoms with E-state index >= 15 is 0 Å². The lowest BCUT2D eigenvalue weighted by Crippen LogP contribution is -2.29. The number of carbonyl (C=O) groups is 2. The summed E-state index contributed by atoms with van der Waals surface area (Å²) >= 11 is 0. The number of carboxylic acids is 1. The number of aromatic carboxylic acids is 1. The second-order valence-electron chi connectivity index (χ2n) is 4.71. The number of carbonyl (C=O) groups excluding carboxylic acids is 1. The van der Waals surface area contributed by atoms with Gasteiger partial charge in [0.25, 0.3) is 0 Å². The van der Waals surface area contributed by atoms with E-state index in [1.807, 2.05) is 6.92 Å². The Labute approximate surface area is 116 Å². The van der Waals surface area contributed by atoms with Crippen LogP contribution in [0.5, 0.6) is 5.75 Å². The number of hydrogen-bond donors (Lipinski definition) is 3. The Kier molecular flexibility index (Phi) is 4.24. The fourth-order valence-corrected chi connectivity index (χ4v) is 2.39. The van der Waals surface area contributed by atoms with E-state index in [1.54, 1.807) is 0 Å². The second-order valence-corrected chi connectivity index (χ2v) is 4.71. The molecule has 1 fully saturated rings. The van der Waals surface area contributed by atoms with Gasteiger partial charge in [-0.25, -0.2) is 4.79 Å². The van der Waals surface area contributed by atoms with Gasteiger partial charge in [-0.2, -0.15) is 0 Å². The van der Waals surface area contributed by atoms with Crippen molar-refractivity contribution in [2.45, 2.75) is 25.9 Å².